The van der Waals surface area contributed by atoms with E-state index >= 15 is 0 Å². The zero-order valence-electron chi connectivity index (χ0n) is 13.4. The summed E-state index contributed by atoms with van der Waals surface area (Å²) in [6, 6.07) is 8.41. The van der Waals surface area contributed by atoms with Gasteiger partial charge in [-0.25, -0.2) is 4.99 Å². The second-order valence-electron chi connectivity index (χ2n) is 5.79. The smallest absolute Gasteiger partial charge is 0.312 e. The number of pyridine rings is 1. The van der Waals surface area contributed by atoms with Crippen LogP contribution in [0, 0.1) is 0 Å². The van der Waals surface area contributed by atoms with Gasteiger partial charge in [0.15, 0.2) is 0 Å². The van der Waals surface area contributed by atoms with Gasteiger partial charge in [0.2, 0.25) is 11.5 Å². The molecule has 0 radical (unpaired) electrons. The number of H-pyrrole nitrogens is 1. The highest BCUT2D eigenvalue weighted by molar-refractivity contribution is 6.09. The Kier molecular flexibility index (Phi) is 4.79. The highest BCUT2D eigenvalue weighted by Gasteiger charge is 2.30. The summed E-state index contributed by atoms with van der Waals surface area (Å²) in [6.07, 6.45) is -2.70. The van der Waals surface area contributed by atoms with Crippen molar-refractivity contribution in [2.75, 3.05) is 5.32 Å². The molecule has 1 amide bonds. The Morgan fingerprint density at radius 2 is 1.81 bits per heavy atom. The van der Waals surface area contributed by atoms with E-state index in [-0.39, 0.29) is 23.1 Å². The first kappa shape index (κ1) is 17.7. The fourth-order valence-corrected chi connectivity index (χ4v) is 2.12. The number of hydrogen-bond acceptors (Lipinski definition) is 3. The monoisotopic (exact) mass is 364 g/mol. The number of nitrogens with zero attached hydrogens (tertiary/aromatic N) is 1. The number of hydrogen-bond donors (Lipinski definition) is 3. The number of halogens is 3. The van der Waals surface area contributed by atoms with E-state index < -0.39 is 17.6 Å². The van der Waals surface area contributed by atoms with Crippen LogP contribution in [0.15, 0.2) is 52.3 Å². The van der Waals surface area contributed by atoms with Gasteiger partial charge in [0.1, 0.15) is 5.82 Å². The Morgan fingerprint density at radius 3 is 2.38 bits per heavy atom. The van der Waals surface area contributed by atoms with E-state index in [0.29, 0.717) is 5.82 Å². The Labute approximate surface area is 146 Å². The largest absolute Gasteiger partial charge is 0.416 e. The number of carbonyl (C=O) groups excluding carboxylic acids is 1. The summed E-state index contributed by atoms with van der Waals surface area (Å²) in [5.41, 5.74) is -1.10. The number of aromatic amines is 1. The molecule has 1 aliphatic carbocycles. The van der Waals surface area contributed by atoms with Crippen LogP contribution in [0.5, 0.6) is 0 Å². The lowest BCUT2D eigenvalue weighted by Crippen LogP contribution is -2.37. The molecule has 0 atom stereocenters. The molecule has 6 nitrogen and oxygen atoms in total. The van der Waals surface area contributed by atoms with Gasteiger partial charge in [-0.2, -0.15) is 13.2 Å². The first-order valence-corrected chi connectivity index (χ1v) is 7.84. The lowest BCUT2D eigenvalue weighted by molar-refractivity contribution is -0.137. The average molecular weight is 364 g/mol. The van der Waals surface area contributed by atoms with Gasteiger partial charge in [-0.15, -0.1) is 0 Å². The Morgan fingerprint density at radius 1 is 1.12 bits per heavy atom. The molecule has 0 unspecified atom stereocenters. The predicted octanol–water partition coefficient (Wildman–Crippen LogP) is 2.75. The summed E-state index contributed by atoms with van der Waals surface area (Å²) in [7, 11) is 0. The molecule has 0 bridgehead atoms. The molecule has 0 aliphatic heterocycles. The summed E-state index contributed by atoms with van der Waals surface area (Å²) in [6.45, 7) is 0. The van der Waals surface area contributed by atoms with Crippen LogP contribution in [-0.2, 0) is 6.18 Å². The third kappa shape index (κ3) is 4.71. The molecule has 1 aromatic heterocycles. The number of aliphatic imine (C=N–C) groups is 1. The highest BCUT2D eigenvalue weighted by Crippen LogP contribution is 2.29. The van der Waals surface area contributed by atoms with E-state index in [2.05, 4.69) is 20.6 Å². The fourth-order valence-electron chi connectivity index (χ4n) is 2.12. The van der Waals surface area contributed by atoms with Gasteiger partial charge in [0.25, 0.3) is 5.91 Å². The van der Waals surface area contributed by atoms with Crippen LogP contribution >= 0.6 is 0 Å². The minimum atomic E-state index is -4.46. The molecule has 2 aromatic rings. The standard InChI is InChI=1S/C17H15F3N4O2/c18-17(19,20)11-6-4-10(5-7-11)15(26)24-16(21-12-8-9-12)23-13-2-1-3-14(25)22-13/h1-7,12H,8-9H2,(H3,21,22,23,24,25,26). The Hall–Kier alpha value is -3.10. The van der Waals surface area contributed by atoms with E-state index in [4.69, 9.17) is 0 Å². The van der Waals surface area contributed by atoms with Crippen LogP contribution in [-0.4, -0.2) is 22.9 Å². The van der Waals surface area contributed by atoms with Crippen LogP contribution in [0.4, 0.5) is 19.0 Å². The molecule has 9 heteroatoms. The van der Waals surface area contributed by atoms with Crippen molar-refractivity contribution in [1.29, 1.82) is 0 Å². The van der Waals surface area contributed by atoms with Crippen LogP contribution in [0.2, 0.25) is 0 Å². The molecule has 1 aromatic carbocycles. The SMILES string of the molecule is O=C(NC(=NC1CC1)Nc1cccc(=O)[nH]1)c1ccc(C(F)(F)F)cc1. The first-order chi connectivity index (χ1) is 12.3. The minimum absolute atomic E-state index is 0.0600. The van der Waals surface area contributed by atoms with Gasteiger partial charge < -0.3 is 10.3 Å². The van der Waals surface area contributed by atoms with Crippen molar-refractivity contribution in [2.24, 2.45) is 4.99 Å². The fraction of sp³-hybridized carbons (Fsp3) is 0.235. The van der Waals surface area contributed by atoms with Gasteiger partial charge in [-0.05, 0) is 43.2 Å². The molecule has 136 valence electrons. The lowest BCUT2D eigenvalue weighted by Gasteiger charge is -2.12. The number of carbonyl (C=O) groups is 1. The molecule has 0 spiro atoms. The van der Waals surface area contributed by atoms with E-state index in [1.165, 1.54) is 12.1 Å². The average Bonchev–Trinajstić information content (AvgIpc) is 3.38. The lowest BCUT2D eigenvalue weighted by atomic mass is 10.1. The maximum absolute atomic E-state index is 12.6. The van der Waals surface area contributed by atoms with Gasteiger partial charge >= 0.3 is 6.18 Å². The Balaban J connectivity index is 1.74. The maximum atomic E-state index is 12.6. The van der Waals surface area contributed by atoms with Gasteiger partial charge in [0, 0.05) is 11.6 Å². The number of benzene rings is 1. The topological polar surface area (TPSA) is 86.3 Å². The highest BCUT2D eigenvalue weighted by atomic mass is 19.4. The zero-order valence-corrected chi connectivity index (χ0v) is 13.4. The zero-order chi connectivity index (χ0) is 18.7. The summed E-state index contributed by atoms with van der Waals surface area (Å²) in [4.78, 5) is 30.5. The van der Waals surface area contributed by atoms with E-state index in [1.807, 2.05) is 0 Å². The second kappa shape index (κ2) is 7.03. The third-order valence-corrected chi connectivity index (χ3v) is 3.59. The van der Waals surface area contributed by atoms with Crippen molar-refractivity contribution in [1.82, 2.24) is 10.3 Å². The van der Waals surface area contributed by atoms with Crippen LogP contribution in [0.3, 0.4) is 0 Å². The first-order valence-electron chi connectivity index (χ1n) is 7.84. The number of rotatable bonds is 3. The van der Waals surface area contributed by atoms with Gasteiger partial charge in [-0.3, -0.25) is 14.9 Å². The molecule has 26 heavy (non-hydrogen) atoms. The summed E-state index contributed by atoms with van der Waals surface area (Å²) in [5, 5.41) is 5.34. The number of nitrogens with one attached hydrogen (secondary N) is 3. The molecular weight excluding hydrogens is 349 g/mol. The van der Waals surface area contributed by atoms with E-state index in [0.717, 1.165) is 37.1 Å². The van der Waals surface area contributed by atoms with Crippen molar-refractivity contribution in [3.05, 3.63) is 63.9 Å². The quantitative estimate of drug-likeness (QED) is 0.578. The van der Waals surface area contributed by atoms with Crippen LogP contribution in [0.25, 0.3) is 0 Å². The number of amides is 1. The molecule has 3 rings (SSSR count). The van der Waals surface area contributed by atoms with Crippen LogP contribution in [0.1, 0.15) is 28.8 Å². The summed E-state index contributed by atoms with van der Waals surface area (Å²) in [5.74, 6) is -0.146. The third-order valence-electron chi connectivity index (χ3n) is 3.59. The second-order valence-corrected chi connectivity index (χ2v) is 5.79. The normalized spacial score (nSPS) is 14.8. The number of anilines is 1. The maximum Gasteiger partial charge on any atom is 0.416 e. The van der Waals surface area contributed by atoms with E-state index in [9.17, 15) is 22.8 Å². The van der Waals surface area contributed by atoms with Crippen LogP contribution < -0.4 is 16.2 Å². The molecule has 1 heterocycles. The van der Waals surface area contributed by atoms with Crippen molar-refractivity contribution in [2.45, 2.75) is 25.1 Å². The summed E-state index contributed by atoms with van der Waals surface area (Å²) < 4.78 is 37.8. The number of aromatic nitrogens is 1. The molecule has 3 N–H and O–H groups in total. The summed E-state index contributed by atoms with van der Waals surface area (Å²) >= 11 is 0. The molecule has 1 aliphatic rings. The van der Waals surface area contributed by atoms with Gasteiger partial charge in [-0.1, -0.05) is 6.07 Å². The number of guanidine groups is 1. The van der Waals surface area contributed by atoms with Crippen molar-refractivity contribution in [3.8, 4) is 0 Å². The number of alkyl halides is 3. The predicted molar refractivity (Wildman–Crippen MR) is 90.1 cm³/mol. The van der Waals surface area contributed by atoms with Gasteiger partial charge in [0.05, 0.1) is 11.6 Å². The molecular formula is C17H15F3N4O2. The van der Waals surface area contributed by atoms with Crippen molar-refractivity contribution < 1.29 is 18.0 Å². The van der Waals surface area contributed by atoms with E-state index in [1.54, 1.807) is 6.07 Å². The molecule has 1 fully saturated rings. The minimum Gasteiger partial charge on any atom is -0.312 e. The van der Waals surface area contributed by atoms with Crippen molar-refractivity contribution >= 4 is 17.7 Å². The molecule has 0 saturated heterocycles. The van der Waals surface area contributed by atoms with Crippen molar-refractivity contribution in [3.63, 3.8) is 0 Å². The molecule has 1 saturated carbocycles. The Bertz CT molecular complexity index is 884.